The quantitative estimate of drug-likeness (QED) is 0.769. The number of nitrogens with one attached hydrogen (secondary N) is 1. The first-order chi connectivity index (χ1) is 13.1. The van der Waals surface area contributed by atoms with Crippen molar-refractivity contribution in [3.8, 4) is 0 Å². The molecular weight excluding hydrogens is 380 g/mol. The Bertz CT molecular complexity index is 850. The lowest BCUT2D eigenvalue weighted by Gasteiger charge is -2.13. The van der Waals surface area contributed by atoms with Crippen molar-refractivity contribution in [2.24, 2.45) is 0 Å². The molecule has 0 spiro atoms. The highest BCUT2D eigenvalue weighted by Gasteiger charge is 2.29. The van der Waals surface area contributed by atoms with Crippen LogP contribution in [-0.4, -0.2) is 27.7 Å². The van der Waals surface area contributed by atoms with Crippen molar-refractivity contribution < 1.29 is 14.4 Å². The molecule has 0 atom stereocenters. The molecule has 7 heteroatoms. The van der Waals surface area contributed by atoms with Crippen LogP contribution < -0.4 is 5.32 Å². The molecule has 1 saturated heterocycles. The maximum Gasteiger partial charge on any atom is 0.289 e. The third-order valence-corrected chi connectivity index (χ3v) is 6.96. The van der Waals surface area contributed by atoms with E-state index in [0.29, 0.717) is 5.69 Å². The lowest BCUT2D eigenvalue weighted by Crippen LogP contribution is -2.27. The van der Waals surface area contributed by atoms with Gasteiger partial charge in [-0.15, -0.1) is 11.3 Å². The Hall–Kier alpha value is -2.12. The van der Waals surface area contributed by atoms with Gasteiger partial charge in [0.1, 0.15) is 0 Å². The molecule has 2 aliphatic rings. The number of aryl methyl sites for hydroxylation is 2. The lowest BCUT2D eigenvalue weighted by atomic mass is 10.1. The molecule has 1 aliphatic carbocycles. The summed E-state index contributed by atoms with van der Waals surface area (Å²) in [7, 11) is 0. The smallest absolute Gasteiger partial charge is 0.289 e. The monoisotopic (exact) mass is 400 g/mol. The number of fused-ring (bicyclic) bond motifs is 1. The van der Waals surface area contributed by atoms with Crippen molar-refractivity contribution in [2.75, 3.05) is 11.1 Å². The van der Waals surface area contributed by atoms with E-state index in [9.17, 15) is 14.4 Å². The summed E-state index contributed by atoms with van der Waals surface area (Å²) in [4.78, 5) is 39.3. The van der Waals surface area contributed by atoms with Gasteiger partial charge in [-0.1, -0.05) is 30.3 Å². The van der Waals surface area contributed by atoms with E-state index in [-0.39, 0.29) is 29.4 Å². The number of hydrogen-bond donors (Lipinski definition) is 1. The fourth-order valence-corrected chi connectivity index (χ4v) is 5.26. The fraction of sp³-hybridized carbons (Fsp3) is 0.350. The van der Waals surface area contributed by atoms with Crippen molar-refractivity contribution in [3.05, 3.63) is 51.2 Å². The summed E-state index contributed by atoms with van der Waals surface area (Å²) in [5.74, 6) is -0.0143. The van der Waals surface area contributed by atoms with E-state index in [0.717, 1.165) is 35.0 Å². The first kappa shape index (κ1) is 18.3. The number of carbonyl (C=O) groups is 3. The van der Waals surface area contributed by atoms with Gasteiger partial charge in [0, 0.05) is 10.6 Å². The molecule has 0 bridgehead atoms. The number of imide groups is 1. The number of benzene rings is 1. The van der Waals surface area contributed by atoms with Gasteiger partial charge in [0.2, 0.25) is 5.91 Å². The van der Waals surface area contributed by atoms with E-state index in [1.165, 1.54) is 34.6 Å². The average Bonchev–Trinajstić information content (AvgIpc) is 3.13. The zero-order chi connectivity index (χ0) is 18.8. The van der Waals surface area contributed by atoms with Crippen LogP contribution in [0.25, 0.3) is 0 Å². The predicted molar refractivity (Wildman–Crippen MR) is 108 cm³/mol. The molecule has 1 aliphatic heterocycles. The molecule has 140 valence electrons. The van der Waals surface area contributed by atoms with Crippen LogP contribution in [0.1, 0.15) is 44.9 Å². The second-order valence-corrected chi connectivity index (χ2v) is 8.87. The van der Waals surface area contributed by atoms with Crippen LogP contribution in [0.2, 0.25) is 0 Å². The molecule has 1 aromatic carbocycles. The highest BCUT2D eigenvalue weighted by Crippen LogP contribution is 2.29. The largest absolute Gasteiger partial charge is 0.321 e. The number of rotatable bonds is 4. The van der Waals surface area contributed by atoms with Gasteiger partial charge in [-0.05, 0) is 55.0 Å². The molecular formula is C20H20N2O3S2. The van der Waals surface area contributed by atoms with E-state index in [1.54, 1.807) is 11.3 Å². The predicted octanol–water partition coefficient (Wildman–Crippen LogP) is 4.46. The molecule has 0 saturated carbocycles. The molecule has 3 amide bonds. The van der Waals surface area contributed by atoms with Crippen LogP contribution in [0.15, 0.2) is 30.3 Å². The molecule has 4 rings (SSSR count). The van der Waals surface area contributed by atoms with E-state index < -0.39 is 0 Å². The molecule has 0 unspecified atom stereocenters. The van der Waals surface area contributed by atoms with Gasteiger partial charge >= 0.3 is 0 Å². The Morgan fingerprint density at radius 2 is 1.85 bits per heavy atom. The highest BCUT2D eigenvalue weighted by molar-refractivity contribution is 8.14. The molecule has 1 N–H and O–H groups in total. The zero-order valence-electron chi connectivity index (χ0n) is 14.8. The molecule has 1 fully saturated rings. The summed E-state index contributed by atoms with van der Waals surface area (Å²) >= 11 is 2.64. The van der Waals surface area contributed by atoms with Crippen LogP contribution in [0.5, 0.6) is 0 Å². The van der Waals surface area contributed by atoms with Crippen LogP contribution >= 0.6 is 23.1 Å². The topological polar surface area (TPSA) is 66.5 Å². The minimum absolute atomic E-state index is 0.0814. The number of amides is 3. The summed E-state index contributed by atoms with van der Waals surface area (Å²) in [5.41, 5.74) is 2.90. The average molecular weight is 401 g/mol. The van der Waals surface area contributed by atoms with Gasteiger partial charge in [0.05, 0.1) is 17.2 Å². The first-order valence-electron chi connectivity index (χ1n) is 9.09. The van der Waals surface area contributed by atoms with Crippen molar-refractivity contribution in [1.82, 2.24) is 4.90 Å². The minimum atomic E-state index is -0.199. The van der Waals surface area contributed by atoms with Gasteiger partial charge in [0.25, 0.3) is 11.1 Å². The third kappa shape index (κ3) is 4.09. The van der Waals surface area contributed by atoms with Crippen LogP contribution in [-0.2, 0) is 24.2 Å². The zero-order valence-corrected chi connectivity index (χ0v) is 16.5. The van der Waals surface area contributed by atoms with E-state index in [4.69, 9.17) is 0 Å². The number of anilines is 1. The molecule has 1 aromatic heterocycles. The minimum Gasteiger partial charge on any atom is -0.321 e. The molecule has 0 radical (unpaired) electrons. The highest BCUT2D eigenvalue weighted by atomic mass is 32.2. The summed E-state index contributed by atoms with van der Waals surface area (Å²) in [6.45, 7) is 0.274. The van der Waals surface area contributed by atoms with Gasteiger partial charge in [-0.2, -0.15) is 0 Å². The fourth-order valence-electron chi connectivity index (χ4n) is 3.38. The van der Waals surface area contributed by atoms with Gasteiger partial charge in [-0.3, -0.25) is 19.3 Å². The molecule has 2 aromatic rings. The van der Waals surface area contributed by atoms with Crippen molar-refractivity contribution in [2.45, 2.75) is 38.6 Å². The van der Waals surface area contributed by atoms with E-state index in [1.807, 2.05) is 30.3 Å². The number of carbonyl (C=O) groups excluding carboxylic acids is 3. The first-order valence-corrected chi connectivity index (χ1v) is 10.9. The van der Waals surface area contributed by atoms with Gasteiger partial charge in [0.15, 0.2) is 0 Å². The summed E-state index contributed by atoms with van der Waals surface area (Å²) in [6, 6.07) is 9.33. The normalized spacial score (nSPS) is 17.0. The van der Waals surface area contributed by atoms with Crippen molar-refractivity contribution in [3.63, 3.8) is 0 Å². The van der Waals surface area contributed by atoms with Crippen LogP contribution in [0, 0.1) is 0 Å². The Morgan fingerprint density at radius 3 is 2.59 bits per heavy atom. The van der Waals surface area contributed by atoms with Gasteiger partial charge in [-0.25, -0.2) is 0 Å². The van der Waals surface area contributed by atoms with Crippen LogP contribution in [0.4, 0.5) is 10.5 Å². The van der Waals surface area contributed by atoms with Crippen molar-refractivity contribution in [1.29, 1.82) is 0 Å². The maximum atomic E-state index is 12.6. The third-order valence-electron chi connectivity index (χ3n) is 4.86. The SMILES string of the molecule is O=C(Nc1ccc(CN2C(=O)CSC2=O)cc1)c1cc2c(s1)CCCCC2. The second-order valence-electron chi connectivity index (χ2n) is 6.81. The van der Waals surface area contributed by atoms with E-state index >= 15 is 0 Å². The summed E-state index contributed by atoms with van der Waals surface area (Å²) < 4.78 is 0. The lowest BCUT2D eigenvalue weighted by molar-refractivity contribution is -0.125. The molecule has 2 heterocycles. The summed E-state index contributed by atoms with van der Waals surface area (Å²) in [5, 5.41) is 2.74. The Labute approximate surface area is 166 Å². The Kier molecular flexibility index (Phi) is 5.31. The Balaban J connectivity index is 1.40. The second kappa shape index (κ2) is 7.86. The standard InChI is InChI=1S/C20H20N2O3S2/c23-18-12-26-20(25)22(18)11-13-6-8-15(9-7-13)21-19(24)17-10-14-4-2-1-3-5-16(14)27-17/h6-10H,1-5,11-12H2,(H,21,24). The molecule has 5 nitrogen and oxygen atoms in total. The van der Waals surface area contributed by atoms with Gasteiger partial charge < -0.3 is 5.32 Å². The molecule has 27 heavy (non-hydrogen) atoms. The Morgan fingerprint density at radius 1 is 1.07 bits per heavy atom. The van der Waals surface area contributed by atoms with Crippen molar-refractivity contribution >= 4 is 45.8 Å². The maximum absolute atomic E-state index is 12.6. The number of thioether (sulfide) groups is 1. The van der Waals surface area contributed by atoms with Crippen LogP contribution in [0.3, 0.4) is 0 Å². The summed E-state index contributed by atoms with van der Waals surface area (Å²) in [6.07, 6.45) is 5.82. The number of nitrogens with zero attached hydrogens (tertiary/aromatic N) is 1. The van der Waals surface area contributed by atoms with E-state index in [2.05, 4.69) is 5.32 Å². The number of hydrogen-bond acceptors (Lipinski definition) is 5. The number of thiophene rings is 1.